The summed E-state index contributed by atoms with van der Waals surface area (Å²) in [5.74, 6) is -1.56. The average molecular weight is 585 g/mol. The number of hydrogen-bond donors (Lipinski definition) is 4. The summed E-state index contributed by atoms with van der Waals surface area (Å²) in [7, 11) is 0. The lowest BCUT2D eigenvalue weighted by atomic mass is 9.98. The second-order valence-electron chi connectivity index (χ2n) is 10.0. The third-order valence-electron chi connectivity index (χ3n) is 7.03. The van der Waals surface area contributed by atoms with Crippen LogP contribution in [-0.4, -0.2) is 64.6 Å². The monoisotopic (exact) mass is 584 g/mol. The molecular weight excluding hydrogens is 551 g/mol. The Hall–Kier alpha value is -5.21. The number of halogens is 1. The molecule has 1 aliphatic rings. The maximum absolute atomic E-state index is 15.0. The van der Waals surface area contributed by atoms with Gasteiger partial charge in [-0.3, -0.25) is 9.59 Å². The number of nitrogens with one attached hydrogen (secondary N) is 3. The summed E-state index contributed by atoms with van der Waals surface area (Å²) in [6.45, 7) is 3.83. The molecule has 4 amide bonds. The number of nitriles is 1. The van der Waals surface area contributed by atoms with Crippen LogP contribution in [0.2, 0.25) is 0 Å². The van der Waals surface area contributed by atoms with Crippen LogP contribution in [0, 0.1) is 17.1 Å². The van der Waals surface area contributed by atoms with E-state index in [1.54, 1.807) is 18.2 Å². The van der Waals surface area contributed by atoms with Gasteiger partial charge in [0.05, 0.1) is 18.7 Å². The van der Waals surface area contributed by atoms with Crippen molar-refractivity contribution in [1.29, 1.82) is 5.26 Å². The molecule has 2 atom stereocenters. The highest BCUT2D eigenvalue weighted by Crippen LogP contribution is 2.24. The van der Waals surface area contributed by atoms with Gasteiger partial charge in [-0.1, -0.05) is 60.7 Å². The van der Waals surface area contributed by atoms with E-state index >= 15 is 4.39 Å². The standard InChI is InChI=1S/C32H33FN6O4/c1-2-15-35-19-29(41)39-27(16-22-11-13-26(40)14-12-22)31(42)38(20-25-10-6-9-24(17-34)30(25)33)21-28(39)37-32(43)36-18-23-7-4-3-5-8-23/h2-14,27-28,35,40H,1,15-16,18-21H2,(H2,36,37,43)/t27-,28+/m0/s1. The molecule has 10 nitrogen and oxygen atoms in total. The number of carbonyl (C=O) groups is 3. The summed E-state index contributed by atoms with van der Waals surface area (Å²) in [6.07, 6.45) is 0.713. The molecule has 1 heterocycles. The van der Waals surface area contributed by atoms with Crippen molar-refractivity contribution in [3.63, 3.8) is 0 Å². The predicted octanol–water partition coefficient (Wildman–Crippen LogP) is 2.79. The SMILES string of the molecule is C=CCNCC(=O)N1[C@@H](NC(=O)NCc2ccccc2)CN(Cc2cccc(C#N)c2F)C(=O)[C@@H]1Cc1ccc(O)cc1. The van der Waals surface area contributed by atoms with Gasteiger partial charge in [-0.05, 0) is 29.3 Å². The highest BCUT2D eigenvalue weighted by atomic mass is 19.1. The van der Waals surface area contributed by atoms with Crippen LogP contribution in [-0.2, 0) is 29.1 Å². The van der Waals surface area contributed by atoms with Gasteiger partial charge in [0, 0.05) is 31.6 Å². The molecule has 0 radical (unpaired) electrons. The second kappa shape index (κ2) is 14.6. The summed E-state index contributed by atoms with van der Waals surface area (Å²) in [5, 5.41) is 27.6. The lowest BCUT2D eigenvalue weighted by molar-refractivity contribution is -0.157. The van der Waals surface area contributed by atoms with Crippen molar-refractivity contribution in [2.45, 2.75) is 31.7 Å². The van der Waals surface area contributed by atoms with Crippen LogP contribution >= 0.6 is 0 Å². The first kappa shape index (κ1) is 30.7. The Morgan fingerprint density at radius 1 is 1.07 bits per heavy atom. The molecule has 43 heavy (non-hydrogen) atoms. The molecule has 222 valence electrons. The molecule has 0 aliphatic carbocycles. The fraction of sp³-hybridized carbons (Fsp3) is 0.250. The smallest absolute Gasteiger partial charge is 0.316 e. The minimum Gasteiger partial charge on any atom is -0.508 e. The zero-order valence-corrected chi connectivity index (χ0v) is 23.5. The average Bonchev–Trinajstić information content (AvgIpc) is 3.01. The third kappa shape index (κ3) is 7.96. The zero-order valence-electron chi connectivity index (χ0n) is 23.5. The van der Waals surface area contributed by atoms with E-state index in [1.807, 2.05) is 36.4 Å². The predicted molar refractivity (Wildman–Crippen MR) is 158 cm³/mol. The Labute approximate surface area is 249 Å². The number of phenols is 1. The number of benzene rings is 3. The fourth-order valence-electron chi connectivity index (χ4n) is 4.93. The van der Waals surface area contributed by atoms with E-state index in [4.69, 9.17) is 0 Å². The van der Waals surface area contributed by atoms with Gasteiger partial charge >= 0.3 is 6.03 Å². The minimum atomic E-state index is -1.06. The van der Waals surface area contributed by atoms with Crippen molar-refractivity contribution < 1.29 is 23.9 Å². The Balaban J connectivity index is 1.66. The molecule has 1 fully saturated rings. The number of nitrogens with zero attached hydrogens (tertiary/aromatic N) is 3. The summed E-state index contributed by atoms with van der Waals surface area (Å²) >= 11 is 0. The number of amides is 4. The largest absolute Gasteiger partial charge is 0.508 e. The van der Waals surface area contributed by atoms with Crippen LogP contribution in [0.25, 0.3) is 0 Å². The maximum atomic E-state index is 15.0. The van der Waals surface area contributed by atoms with Crippen LogP contribution in [0.1, 0.15) is 22.3 Å². The van der Waals surface area contributed by atoms with Crippen LogP contribution in [0.3, 0.4) is 0 Å². The van der Waals surface area contributed by atoms with Crippen LogP contribution in [0.15, 0.2) is 85.5 Å². The number of carbonyl (C=O) groups excluding carboxylic acids is 3. The molecule has 1 saturated heterocycles. The molecule has 4 rings (SSSR count). The number of piperazine rings is 1. The van der Waals surface area contributed by atoms with E-state index in [9.17, 15) is 24.8 Å². The normalized spacial score (nSPS) is 16.3. The second-order valence-corrected chi connectivity index (χ2v) is 10.0. The van der Waals surface area contributed by atoms with Gasteiger partial charge in [-0.15, -0.1) is 6.58 Å². The molecular formula is C32H33FN6O4. The van der Waals surface area contributed by atoms with Crippen LogP contribution in [0.5, 0.6) is 5.75 Å². The molecule has 0 aromatic heterocycles. The highest BCUT2D eigenvalue weighted by molar-refractivity contribution is 5.91. The molecule has 0 bridgehead atoms. The first-order valence-electron chi connectivity index (χ1n) is 13.8. The minimum absolute atomic E-state index is 0.0457. The Morgan fingerprint density at radius 2 is 1.81 bits per heavy atom. The van der Waals surface area contributed by atoms with E-state index in [0.29, 0.717) is 12.1 Å². The molecule has 3 aromatic carbocycles. The number of aromatic hydroxyl groups is 1. The fourth-order valence-corrected chi connectivity index (χ4v) is 4.93. The van der Waals surface area contributed by atoms with E-state index in [0.717, 1.165) is 5.56 Å². The van der Waals surface area contributed by atoms with Crippen molar-refractivity contribution in [2.24, 2.45) is 0 Å². The Kier molecular flexibility index (Phi) is 10.4. The van der Waals surface area contributed by atoms with E-state index in [-0.39, 0.29) is 49.5 Å². The number of phenolic OH excluding ortho intramolecular Hbond substituents is 1. The summed E-state index contributed by atoms with van der Waals surface area (Å²) in [6, 6.07) is 20.1. The van der Waals surface area contributed by atoms with Gasteiger partial charge in [0.2, 0.25) is 11.8 Å². The van der Waals surface area contributed by atoms with Gasteiger partial charge in [0.25, 0.3) is 0 Å². The third-order valence-corrected chi connectivity index (χ3v) is 7.03. The Bertz CT molecular complexity index is 1490. The molecule has 0 saturated carbocycles. The first-order chi connectivity index (χ1) is 20.8. The van der Waals surface area contributed by atoms with E-state index in [2.05, 4.69) is 22.5 Å². The first-order valence-corrected chi connectivity index (χ1v) is 13.8. The lowest BCUT2D eigenvalue weighted by Gasteiger charge is -2.46. The van der Waals surface area contributed by atoms with Crippen LogP contribution < -0.4 is 16.0 Å². The van der Waals surface area contributed by atoms with Gasteiger partial charge in [0.1, 0.15) is 29.8 Å². The van der Waals surface area contributed by atoms with Gasteiger partial charge in [0.15, 0.2) is 0 Å². The van der Waals surface area contributed by atoms with E-state index < -0.39 is 35.9 Å². The topological polar surface area (TPSA) is 138 Å². The molecule has 11 heteroatoms. The lowest BCUT2D eigenvalue weighted by Crippen LogP contribution is -2.69. The zero-order chi connectivity index (χ0) is 30.8. The highest BCUT2D eigenvalue weighted by Gasteiger charge is 2.43. The van der Waals surface area contributed by atoms with Gasteiger partial charge < -0.3 is 30.9 Å². The summed E-state index contributed by atoms with van der Waals surface area (Å²) in [4.78, 5) is 43.4. The van der Waals surface area contributed by atoms with Crippen LogP contribution in [0.4, 0.5) is 9.18 Å². The summed E-state index contributed by atoms with van der Waals surface area (Å²) in [5.41, 5.74) is 1.52. The van der Waals surface area contributed by atoms with Gasteiger partial charge in [-0.25, -0.2) is 9.18 Å². The van der Waals surface area contributed by atoms with Crippen molar-refractivity contribution in [3.8, 4) is 11.8 Å². The molecule has 3 aromatic rings. The number of rotatable bonds is 11. The number of urea groups is 1. The molecule has 0 unspecified atom stereocenters. The van der Waals surface area contributed by atoms with Crippen molar-refractivity contribution in [1.82, 2.24) is 25.8 Å². The van der Waals surface area contributed by atoms with Crippen molar-refractivity contribution >= 4 is 17.8 Å². The Morgan fingerprint density at radius 3 is 2.51 bits per heavy atom. The number of hydrogen-bond acceptors (Lipinski definition) is 6. The molecule has 1 aliphatic heterocycles. The van der Waals surface area contributed by atoms with E-state index in [1.165, 1.54) is 40.1 Å². The molecule has 4 N–H and O–H groups in total. The molecule has 0 spiro atoms. The van der Waals surface area contributed by atoms with Crippen molar-refractivity contribution in [2.75, 3.05) is 19.6 Å². The summed E-state index contributed by atoms with van der Waals surface area (Å²) < 4.78 is 15.0. The van der Waals surface area contributed by atoms with Crippen molar-refractivity contribution in [3.05, 3.63) is 114 Å². The maximum Gasteiger partial charge on any atom is 0.316 e. The quantitative estimate of drug-likeness (QED) is 0.202. The van der Waals surface area contributed by atoms with Gasteiger partial charge in [-0.2, -0.15) is 5.26 Å².